The number of thioether (sulfide) groups is 1. The zero-order valence-corrected chi connectivity index (χ0v) is 15.6. The number of hydrogen-bond donors (Lipinski definition) is 1. The number of halogens is 1. The molecule has 0 saturated heterocycles. The van der Waals surface area contributed by atoms with E-state index in [0.717, 1.165) is 10.2 Å². The van der Waals surface area contributed by atoms with Crippen LogP contribution < -0.4 is 10.1 Å². The molecule has 2 rings (SSSR count). The second-order valence-corrected chi connectivity index (χ2v) is 7.25. The number of ether oxygens (including phenoxy) is 1. The number of carbonyl (C=O) groups is 1. The SMILES string of the molecule is Cc1ccc(SCCNC(=O)[C@H](C)Oc2ccc(Br)cc2)cc1. The van der Waals surface area contributed by atoms with Crippen LogP contribution in [0.4, 0.5) is 0 Å². The smallest absolute Gasteiger partial charge is 0.260 e. The number of aryl methyl sites for hydroxylation is 1. The molecule has 0 bridgehead atoms. The average Bonchev–Trinajstić information content (AvgIpc) is 2.55. The van der Waals surface area contributed by atoms with Gasteiger partial charge in [-0.3, -0.25) is 4.79 Å². The summed E-state index contributed by atoms with van der Waals surface area (Å²) in [4.78, 5) is 13.2. The number of rotatable bonds is 7. The summed E-state index contributed by atoms with van der Waals surface area (Å²) in [5.41, 5.74) is 1.25. The molecule has 122 valence electrons. The minimum absolute atomic E-state index is 0.0996. The van der Waals surface area contributed by atoms with Crippen molar-refractivity contribution in [3.8, 4) is 5.75 Å². The summed E-state index contributed by atoms with van der Waals surface area (Å²) < 4.78 is 6.60. The van der Waals surface area contributed by atoms with Crippen molar-refractivity contribution >= 4 is 33.6 Å². The fourth-order valence-electron chi connectivity index (χ4n) is 1.89. The molecule has 0 saturated carbocycles. The summed E-state index contributed by atoms with van der Waals surface area (Å²) in [6.07, 6.45) is -0.513. The van der Waals surface area contributed by atoms with Crippen molar-refractivity contribution < 1.29 is 9.53 Å². The Labute approximate surface area is 149 Å². The fraction of sp³-hybridized carbons (Fsp3) is 0.278. The molecular weight excluding hydrogens is 374 g/mol. The zero-order valence-electron chi connectivity index (χ0n) is 13.2. The molecular formula is C18H20BrNO2S. The van der Waals surface area contributed by atoms with E-state index in [-0.39, 0.29) is 5.91 Å². The van der Waals surface area contributed by atoms with Crippen LogP contribution in [-0.4, -0.2) is 24.3 Å². The molecule has 1 amide bonds. The van der Waals surface area contributed by atoms with E-state index in [0.29, 0.717) is 12.3 Å². The van der Waals surface area contributed by atoms with E-state index in [4.69, 9.17) is 4.74 Å². The van der Waals surface area contributed by atoms with E-state index in [1.165, 1.54) is 10.5 Å². The molecule has 1 N–H and O–H groups in total. The van der Waals surface area contributed by atoms with E-state index in [1.807, 2.05) is 24.3 Å². The van der Waals surface area contributed by atoms with Gasteiger partial charge in [0.25, 0.3) is 5.91 Å². The van der Waals surface area contributed by atoms with Gasteiger partial charge in [0.15, 0.2) is 6.10 Å². The summed E-state index contributed by atoms with van der Waals surface area (Å²) >= 11 is 5.10. The minimum atomic E-state index is -0.513. The van der Waals surface area contributed by atoms with E-state index in [1.54, 1.807) is 18.7 Å². The quantitative estimate of drug-likeness (QED) is 0.558. The number of carbonyl (C=O) groups excluding carboxylic acids is 1. The normalized spacial score (nSPS) is 11.8. The molecule has 0 spiro atoms. The Balaban J connectivity index is 1.69. The summed E-state index contributed by atoms with van der Waals surface area (Å²) in [6.45, 7) is 4.44. The lowest BCUT2D eigenvalue weighted by molar-refractivity contribution is -0.127. The van der Waals surface area contributed by atoms with Gasteiger partial charge in [0.1, 0.15) is 5.75 Å². The summed E-state index contributed by atoms with van der Waals surface area (Å²) in [7, 11) is 0. The average molecular weight is 394 g/mol. The Morgan fingerprint density at radius 1 is 1.17 bits per heavy atom. The Hall–Kier alpha value is -1.46. The van der Waals surface area contributed by atoms with Crippen molar-refractivity contribution in [3.05, 3.63) is 58.6 Å². The van der Waals surface area contributed by atoms with Gasteiger partial charge in [-0.2, -0.15) is 0 Å². The van der Waals surface area contributed by atoms with E-state index < -0.39 is 6.10 Å². The highest BCUT2D eigenvalue weighted by molar-refractivity contribution is 9.10. The van der Waals surface area contributed by atoms with E-state index in [2.05, 4.69) is 52.4 Å². The molecule has 5 heteroatoms. The number of benzene rings is 2. The Bertz CT molecular complexity index is 628. The molecule has 2 aromatic rings. The highest BCUT2D eigenvalue weighted by atomic mass is 79.9. The van der Waals surface area contributed by atoms with Crippen LogP contribution in [0.25, 0.3) is 0 Å². The van der Waals surface area contributed by atoms with Gasteiger partial charge >= 0.3 is 0 Å². The topological polar surface area (TPSA) is 38.3 Å². The lowest BCUT2D eigenvalue weighted by Gasteiger charge is -2.14. The van der Waals surface area contributed by atoms with E-state index in [9.17, 15) is 4.79 Å². The Morgan fingerprint density at radius 2 is 1.83 bits per heavy atom. The van der Waals surface area contributed by atoms with Crippen LogP contribution in [0.2, 0.25) is 0 Å². The van der Waals surface area contributed by atoms with Crippen LogP contribution in [0, 0.1) is 6.92 Å². The summed E-state index contributed by atoms with van der Waals surface area (Å²) in [5, 5.41) is 2.90. The van der Waals surface area contributed by atoms with Gasteiger partial charge in [0.05, 0.1) is 0 Å². The third kappa shape index (κ3) is 6.28. The van der Waals surface area contributed by atoms with Crippen molar-refractivity contribution in [2.75, 3.05) is 12.3 Å². The second kappa shape index (κ2) is 8.99. The van der Waals surface area contributed by atoms with E-state index >= 15 is 0 Å². The van der Waals surface area contributed by atoms with Crippen LogP contribution in [0.15, 0.2) is 57.9 Å². The first kappa shape index (κ1) is 17.9. The lowest BCUT2D eigenvalue weighted by Crippen LogP contribution is -2.37. The maximum atomic E-state index is 12.0. The first-order chi connectivity index (χ1) is 11.0. The fourth-order valence-corrected chi connectivity index (χ4v) is 2.92. The number of nitrogens with one attached hydrogen (secondary N) is 1. The summed E-state index contributed by atoms with van der Waals surface area (Å²) in [6, 6.07) is 15.8. The lowest BCUT2D eigenvalue weighted by atomic mass is 10.2. The maximum absolute atomic E-state index is 12.0. The third-order valence-electron chi connectivity index (χ3n) is 3.19. The highest BCUT2D eigenvalue weighted by Crippen LogP contribution is 2.18. The minimum Gasteiger partial charge on any atom is -0.481 e. The predicted octanol–water partition coefficient (Wildman–Crippen LogP) is 4.43. The molecule has 0 aliphatic carbocycles. The molecule has 0 heterocycles. The van der Waals surface area contributed by atoms with Gasteiger partial charge in [-0.05, 0) is 50.2 Å². The second-order valence-electron chi connectivity index (χ2n) is 5.17. The van der Waals surface area contributed by atoms with Gasteiger partial charge in [-0.1, -0.05) is 33.6 Å². The molecule has 0 aliphatic heterocycles. The molecule has 0 aliphatic rings. The number of hydrogen-bond acceptors (Lipinski definition) is 3. The predicted molar refractivity (Wildman–Crippen MR) is 99.1 cm³/mol. The molecule has 0 aromatic heterocycles. The molecule has 2 aromatic carbocycles. The van der Waals surface area contributed by atoms with Crippen LogP contribution in [-0.2, 0) is 4.79 Å². The van der Waals surface area contributed by atoms with Crippen LogP contribution >= 0.6 is 27.7 Å². The van der Waals surface area contributed by atoms with Crippen molar-refractivity contribution in [1.29, 1.82) is 0 Å². The largest absolute Gasteiger partial charge is 0.481 e. The Morgan fingerprint density at radius 3 is 2.48 bits per heavy atom. The van der Waals surface area contributed by atoms with Crippen molar-refractivity contribution in [3.63, 3.8) is 0 Å². The monoisotopic (exact) mass is 393 g/mol. The molecule has 0 radical (unpaired) electrons. The molecule has 23 heavy (non-hydrogen) atoms. The Kier molecular flexibility index (Phi) is 6.99. The number of amides is 1. The van der Waals surface area contributed by atoms with Gasteiger partial charge in [0.2, 0.25) is 0 Å². The van der Waals surface area contributed by atoms with Gasteiger partial charge in [0, 0.05) is 21.7 Å². The third-order valence-corrected chi connectivity index (χ3v) is 4.73. The standard InChI is InChI=1S/C18H20BrNO2S/c1-13-3-9-17(10-4-13)23-12-11-20-18(21)14(2)22-16-7-5-15(19)6-8-16/h3-10,14H,11-12H2,1-2H3,(H,20,21)/t14-/m0/s1. The van der Waals surface area contributed by atoms with Gasteiger partial charge in [-0.25, -0.2) is 0 Å². The van der Waals surface area contributed by atoms with Crippen molar-refractivity contribution in [1.82, 2.24) is 5.32 Å². The van der Waals surface area contributed by atoms with Crippen molar-refractivity contribution in [2.24, 2.45) is 0 Å². The molecule has 0 fully saturated rings. The molecule has 3 nitrogen and oxygen atoms in total. The molecule has 1 atom stereocenters. The van der Waals surface area contributed by atoms with Crippen LogP contribution in [0.1, 0.15) is 12.5 Å². The van der Waals surface area contributed by atoms with Crippen LogP contribution in [0.3, 0.4) is 0 Å². The highest BCUT2D eigenvalue weighted by Gasteiger charge is 2.13. The van der Waals surface area contributed by atoms with Gasteiger partial charge in [-0.15, -0.1) is 11.8 Å². The zero-order chi connectivity index (χ0) is 16.7. The first-order valence-electron chi connectivity index (χ1n) is 7.44. The molecule has 0 unspecified atom stereocenters. The van der Waals surface area contributed by atoms with Crippen molar-refractivity contribution in [2.45, 2.75) is 24.8 Å². The maximum Gasteiger partial charge on any atom is 0.260 e. The first-order valence-corrected chi connectivity index (χ1v) is 9.22. The van der Waals surface area contributed by atoms with Crippen LogP contribution in [0.5, 0.6) is 5.75 Å². The summed E-state index contributed by atoms with van der Waals surface area (Å²) in [5.74, 6) is 1.42. The van der Waals surface area contributed by atoms with Gasteiger partial charge < -0.3 is 10.1 Å².